The normalized spacial score (nSPS) is 14.2. The first-order valence-corrected chi connectivity index (χ1v) is 6.55. The molecule has 19 heavy (non-hydrogen) atoms. The molecule has 0 amide bonds. The molecule has 0 saturated heterocycles. The second kappa shape index (κ2) is 7.07. The summed E-state index contributed by atoms with van der Waals surface area (Å²) in [4.78, 5) is 4.06. The van der Waals surface area contributed by atoms with Gasteiger partial charge in [-0.25, -0.2) is 4.98 Å². The van der Waals surface area contributed by atoms with Crippen molar-refractivity contribution in [3.05, 3.63) is 54.6 Å². The van der Waals surface area contributed by atoms with Crippen molar-refractivity contribution in [1.29, 1.82) is 0 Å². The van der Waals surface area contributed by atoms with Crippen LogP contribution in [0, 0.1) is 0 Å². The third-order valence-corrected chi connectivity index (χ3v) is 3.06. The maximum absolute atomic E-state index is 5.31. The largest absolute Gasteiger partial charge is 0.383 e. The molecule has 1 N–H and O–H groups in total. The molecule has 102 valence electrons. The third-order valence-electron chi connectivity index (χ3n) is 3.06. The van der Waals surface area contributed by atoms with Gasteiger partial charge < -0.3 is 14.6 Å². The van der Waals surface area contributed by atoms with Crippen molar-refractivity contribution in [2.45, 2.75) is 25.6 Å². The van der Waals surface area contributed by atoms with Crippen molar-refractivity contribution >= 4 is 0 Å². The number of nitrogens with one attached hydrogen (secondary N) is 1. The summed E-state index contributed by atoms with van der Waals surface area (Å²) in [5, 5.41) is 3.60. The van der Waals surface area contributed by atoms with E-state index in [9.17, 15) is 0 Å². The summed E-state index contributed by atoms with van der Waals surface area (Å²) in [5.74, 6) is 0. The molecular weight excluding hydrogens is 238 g/mol. The second-order valence-electron chi connectivity index (χ2n) is 4.75. The minimum absolute atomic E-state index is 0.213. The van der Waals surface area contributed by atoms with Gasteiger partial charge in [-0.2, -0.15) is 0 Å². The number of nitrogens with zero attached hydrogens (tertiary/aromatic N) is 2. The summed E-state index contributed by atoms with van der Waals surface area (Å²) in [7, 11) is 1.73. The van der Waals surface area contributed by atoms with Gasteiger partial charge in [-0.3, -0.25) is 0 Å². The van der Waals surface area contributed by atoms with E-state index in [4.69, 9.17) is 4.74 Å². The molecule has 2 aromatic rings. The second-order valence-corrected chi connectivity index (χ2v) is 4.75. The van der Waals surface area contributed by atoms with Crippen molar-refractivity contribution in [2.24, 2.45) is 0 Å². The zero-order chi connectivity index (χ0) is 13.5. The molecule has 0 spiro atoms. The van der Waals surface area contributed by atoms with Crippen LogP contribution in [0.2, 0.25) is 0 Å². The predicted molar refractivity (Wildman–Crippen MR) is 75.9 cm³/mol. The van der Waals surface area contributed by atoms with E-state index in [1.54, 1.807) is 13.3 Å². The first-order chi connectivity index (χ1) is 9.29. The van der Waals surface area contributed by atoms with Crippen LogP contribution in [0.1, 0.15) is 18.5 Å². The summed E-state index contributed by atoms with van der Waals surface area (Å²) < 4.78 is 7.39. The fraction of sp³-hybridized carbons (Fsp3) is 0.400. The minimum atomic E-state index is 0.213. The van der Waals surface area contributed by atoms with Gasteiger partial charge in [0.05, 0.1) is 19.0 Å². The van der Waals surface area contributed by atoms with E-state index >= 15 is 0 Å². The lowest BCUT2D eigenvalue weighted by atomic mass is 10.1. The van der Waals surface area contributed by atoms with Gasteiger partial charge >= 0.3 is 0 Å². The van der Waals surface area contributed by atoms with Crippen LogP contribution in [-0.4, -0.2) is 29.3 Å². The average molecular weight is 259 g/mol. The smallest absolute Gasteiger partial charge is 0.0946 e. The molecule has 0 bridgehead atoms. The Balaban J connectivity index is 1.96. The van der Waals surface area contributed by atoms with Gasteiger partial charge in [-0.05, 0) is 12.5 Å². The molecule has 1 aromatic heterocycles. The number of imidazole rings is 1. The number of hydrogen-bond donors (Lipinski definition) is 1. The number of hydrogen-bond acceptors (Lipinski definition) is 3. The van der Waals surface area contributed by atoms with E-state index < -0.39 is 0 Å². The van der Waals surface area contributed by atoms with Gasteiger partial charge in [0, 0.05) is 32.1 Å². The molecule has 0 aliphatic rings. The lowest BCUT2D eigenvalue weighted by Gasteiger charge is -2.23. The van der Waals surface area contributed by atoms with Crippen LogP contribution in [0.3, 0.4) is 0 Å². The van der Waals surface area contributed by atoms with E-state index in [2.05, 4.69) is 46.1 Å². The van der Waals surface area contributed by atoms with Crippen molar-refractivity contribution < 1.29 is 4.74 Å². The van der Waals surface area contributed by atoms with Crippen LogP contribution < -0.4 is 5.32 Å². The fourth-order valence-corrected chi connectivity index (χ4v) is 2.20. The summed E-state index contributed by atoms with van der Waals surface area (Å²) >= 11 is 0. The zero-order valence-electron chi connectivity index (χ0n) is 11.5. The number of benzene rings is 1. The Hall–Kier alpha value is -1.65. The minimum Gasteiger partial charge on any atom is -0.383 e. The molecule has 4 nitrogen and oxygen atoms in total. The van der Waals surface area contributed by atoms with Crippen LogP contribution in [0.5, 0.6) is 0 Å². The maximum Gasteiger partial charge on any atom is 0.0946 e. The third kappa shape index (κ3) is 4.19. The van der Waals surface area contributed by atoms with Gasteiger partial charge in [0.2, 0.25) is 0 Å². The zero-order valence-corrected chi connectivity index (χ0v) is 11.5. The molecule has 0 radical (unpaired) electrons. The quantitative estimate of drug-likeness (QED) is 0.829. The topological polar surface area (TPSA) is 39.1 Å². The van der Waals surface area contributed by atoms with E-state index in [1.165, 1.54) is 5.56 Å². The van der Waals surface area contributed by atoms with Crippen molar-refractivity contribution in [3.63, 3.8) is 0 Å². The van der Waals surface area contributed by atoms with Crippen LogP contribution >= 0.6 is 0 Å². The van der Waals surface area contributed by atoms with E-state index in [0.29, 0.717) is 12.6 Å². The van der Waals surface area contributed by atoms with Gasteiger partial charge in [-0.15, -0.1) is 0 Å². The Kier molecular flexibility index (Phi) is 5.12. The molecule has 0 saturated carbocycles. The summed E-state index contributed by atoms with van der Waals surface area (Å²) in [6, 6.07) is 10.9. The van der Waals surface area contributed by atoms with Crippen molar-refractivity contribution in [1.82, 2.24) is 14.9 Å². The predicted octanol–water partition coefficient (Wildman–Crippen LogP) is 2.25. The van der Waals surface area contributed by atoms with Gasteiger partial charge in [-0.1, -0.05) is 30.3 Å². The highest BCUT2D eigenvalue weighted by Crippen LogP contribution is 2.13. The maximum atomic E-state index is 5.31. The molecular formula is C15H21N3O. The molecule has 0 fully saturated rings. The molecule has 1 aromatic carbocycles. The Labute approximate surface area is 114 Å². The summed E-state index contributed by atoms with van der Waals surface area (Å²) in [6.45, 7) is 3.73. The number of rotatable bonds is 7. The van der Waals surface area contributed by atoms with Gasteiger partial charge in [0.25, 0.3) is 0 Å². The molecule has 2 unspecified atom stereocenters. The number of methoxy groups -OCH3 is 1. The first kappa shape index (κ1) is 13.8. The van der Waals surface area contributed by atoms with Crippen LogP contribution in [0.25, 0.3) is 0 Å². The first-order valence-electron chi connectivity index (χ1n) is 6.55. The Morgan fingerprint density at radius 2 is 2.11 bits per heavy atom. The Bertz CT molecular complexity index is 456. The summed E-state index contributed by atoms with van der Waals surface area (Å²) in [6.07, 6.45) is 5.62. The number of ether oxygens (including phenoxy) is 1. The van der Waals surface area contributed by atoms with E-state index in [0.717, 1.165) is 6.54 Å². The average Bonchev–Trinajstić information content (AvgIpc) is 2.92. The molecule has 4 heteroatoms. The summed E-state index contributed by atoms with van der Waals surface area (Å²) in [5.41, 5.74) is 1.25. The molecule has 0 aliphatic heterocycles. The monoisotopic (exact) mass is 259 g/mol. The molecule has 1 heterocycles. The Morgan fingerprint density at radius 1 is 1.32 bits per heavy atom. The highest BCUT2D eigenvalue weighted by molar-refractivity contribution is 5.19. The SMILES string of the molecule is COCC(NC(C)Cn1ccnc1)c1ccccc1. The van der Waals surface area contributed by atoms with E-state index in [1.807, 2.05) is 18.6 Å². The molecule has 2 atom stereocenters. The van der Waals surface area contributed by atoms with Crippen LogP contribution in [0.4, 0.5) is 0 Å². The highest BCUT2D eigenvalue weighted by atomic mass is 16.5. The molecule has 2 rings (SSSR count). The van der Waals surface area contributed by atoms with Gasteiger partial charge in [0.1, 0.15) is 0 Å². The standard InChI is InChI=1S/C15H21N3O/c1-13(10-18-9-8-16-12-18)17-15(11-19-2)14-6-4-3-5-7-14/h3-9,12-13,15,17H,10-11H2,1-2H3. The lowest BCUT2D eigenvalue weighted by molar-refractivity contribution is 0.160. The number of aromatic nitrogens is 2. The molecule has 0 aliphatic carbocycles. The fourth-order valence-electron chi connectivity index (χ4n) is 2.20. The highest BCUT2D eigenvalue weighted by Gasteiger charge is 2.14. The van der Waals surface area contributed by atoms with Crippen molar-refractivity contribution in [3.8, 4) is 0 Å². The lowest BCUT2D eigenvalue weighted by Crippen LogP contribution is -2.35. The van der Waals surface area contributed by atoms with Crippen molar-refractivity contribution in [2.75, 3.05) is 13.7 Å². The van der Waals surface area contributed by atoms with Gasteiger partial charge in [0.15, 0.2) is 0 Å². The van der Waals surface area contributed by atoms with Crippen LogP contribution in [-0.2, 0) is 11.3 Å². The van der Waals surface area contributed by atoms with E-state index in [-0.39, 0.29) is 6.04 Å². The Morgan fingerprint density at radius 3 is 2.74 bits per heavy atom. The van der Waals surface area contributed by atoms with Crippen LogP contribution in [0.15, 0.2) is 49.1 Å².